The maximum atomic E-state index is 11.2. The van der Waals surface area contributed by atoms with Gasteiger partial charge in [-0.2, -0.15) is 0 Å². The molecule has 0 aliphatic carbocycles. The zero-order valence-corrected chi connectivity index (χ0v) is 12.5. The fourth-order valence-electron chi connectivity index (χ4n) is 1.97. The third-order valence-corrected chi connectivity index (χ3v) is 3.96. The van der Waals surface area contributed by atoms with Crippen LogP contribution >= 0.6 is 23.2 Å². The van der Waals surface area contributed by atoms with Gasteiger partial charge < -0.3 is 10.4 Å². The lowest BCUT2D eigenvalue weighted by Crippen LogP contribution is -2.03. The van der Waals surface area contributed by atoms with Crippen molar-refractivity contribution in [3.05, 3.63) is 57.1 Å². The summed E-state index contributed by atoms with van der Waals surface area (Å²) in [5.41, 5.74) is 2.90. The number of benzene rings is 2. The number of hydrogen-bond acceptors (Lipinski definition) is 2. The maximum Gasteiger partial charge on any atom is 0.337 e. The minimum Gasteiger partial charge on any atom is -0.478 e. The van der Waals surface area contributed by atoms with Gasteiger partial charge in [0.2, 0.25) is 0 Å². The van der Waals surface area contributed by atoms with E-state index in [1.165, 1.54) is 6.07 Å². The van der Waals surface area contributed by atoms with E-state index in [0.29, 0.717) is 21.4 Å². The molecule has 0 fully saturated rings. The van der Waals surface area contributed by atoms with E-state index in [1.807, 2.05) is 19.9 Å². The molecule has 0 amide bonds. The Bertz CT molecular complexity index is 658. The van der Waals surface area contributed by atoms with Gasteiger partial charge in [-0.15, -0.1) is 0 Å². The van der Waals surface area contributed by atoms with Crippen LogP contribution in [-0.4, -0.2) is 11.1 Å². The quantitative estimate of drug-likeness (QED) is 0.834. The van der Waals surface area contributed by atoms with Gasteiger partial charge in [-0.25, -0.2) is 4.79 Å². The van der Waals surface area contributed by atoms with Crippen LogP contribution in [0.25, 0.3) is 0 Å². The maximum absolute atomic E-state index is 11.2. The smallest absolute Gasteiger partial charge is 0.337 e. The van der Waals surface area contributed by atoms with Gasteiger partial charge in [-0.3, -0.25) is 0 Å². The molecule has 0 radical (unpaired) electrons. The first-order valence-corrected chi connectivity index (χ1v) is 6.72. The summed E-state index contributed by atoms with van der Waals surface area (Å²) in [6, 6.07) is 8.50. The van der Waals surface area contributed by atoms with E-state index < -0.39 is 5.97 Å². The lowest BCUT2D eigenvalue weighted by molar-refractivity contribution is 0.0698. The highest BCUT2D eigenvalue weighted by atomic mass is 35.5. The van der Waals surface area contributed by atoms with Crippen LogP contribution in [0.2, 0.25) is 10.0 Å². The minimum absolute atomic E-state index is 0.166. The summed E-state index contributed by atoms with van der Waals surface area (Å²) < 4.78 is 0. The van der Waals surface area contributed by atoms with Gasteiger partial charge in [-0.1, -0.05) is 41.4 Å². The van der Waals surface area contributed by atoms with Gasteiger partial charge in [0.1, 0.15) is 0 Å². The van der Waals surface area contributed by atoms with Crippen molar-refractivity contribution in [2.45, 2.75) is 13.8 Å². The Hall–Kier alpha value is -1.71. The molecule has 104 valence electrons. The first kappa shape index (κ1) is 14.7. The average Bonchev–Trinajstić information content (AvgIpc) is 2.41. The highest BCUT2D eigenvalue weighted by molar-refractivity contribution is 6.40. The summed E-state index contributed by atoms with van der Waals surface area (Å²) in [5, 5.41) is 13.2. The zero-order valence-electron chi connectivity index (χ0n) is 11.0. The molecule has 0 atom stereocenters. The first-order valence-electron chi connectivity index (χ1n) is 5.96. The van der Waals surface area contributed by atoms with Crippen molar-refractivity contribution in [2.75, 3.05) is 5.32 Å². The van der Waals surface area contributed by atoms with E-state index in [1.54, 1.807) is 18.2 Å². The highest BCUT2D eigenvalue weighted by Gasteiger charge is 2.15. The second-order valence-electron chi connectivity index (χ2n) is 4.49. The molecule has 0 saturated heterocycles. The first-order chi connectivity index (χ1) is 9.41. The van der Waals surface area contributed by atoms with Crippen molar-refractivity contribution >= 4 is 40.5 Å². The molecule has 2 N–H and O–H groups in total. The Morgan fingerprint density at radius 1 is 1.10 bits per heavy atom. The number of hydrogen-bond donors (Lipinski definition) is 2. The standard InChI is InChI=1S/C15H13Cl2NO2/c1-8-7-9(2)13(17)14(12(8)16)18-11-6-4-3-5-10(11)15(19)20/h3-7,18H,1-2H3,(H,19,20). The molecule has 0 aliphatic heterocycles. The average molecular weight is 310 g/mol. The Kier molecular flexibility index (Phi) is 4.21. The van der Waals surface area contributed by atoms with E-state index in [4.69, 9.17) is 23.2 Å². The minimum atomic E-state index is -1.01. The van der Waals surface area contributed by atoms with Crippen molar-refractivity contribution in [1.82, 2.24) is 0 Å². The van der Waals surface area contributed by atoms with Crippen LogP contribution in [-0.2, 0) is 0 Å². The summed E-state index contributed by atoms with van der Waals surface area (Å²) in [7, 11) is 0. The van der Waals surface area contributed by atoms with Crippen molar-refractivity contribution in [2.24, 2.45) is 0 Å². The second kappa shape index (κ2) is 5.73. The van der Waals surface area contributed by atoms with Crippen molar-refractivity contribution in [1.29, 1.82) is 0 Å². The van der Waals surface area contributed by atoms with Crippen LogP contribution in [0.4, 0.5) is 11.4 Å². The number of carboxylic acids is 1. The molecular weight excluding hydrogens is 297 g/mol. The third-order valence-electron chi connectivity index (χ3n) is 2.98. The predicted octanol–water partition coefficient (Wildman–Crippen LogP) is 5.05. The molecule has 2 aromatic carbocycles. The molecule has 2 rings (SSSR count). The van der Waals surface area contributed by atoms with Crippen LogP contribution in [0.1, 0.15) is 21.5 Å². The number of rotatable bonds is 3. The molecule has 0 bridgehead atoms. The number of halogens is 2. The molecule has 3 nitrogen and oxygen atoms in total. The summed E-state index contributed by atoms with van der Waals surface area (Å²) >= 11 is 12.5. The normalized spacial score (nSPS) is 10.4. The zero-order chi connectivity index (χ0) is 14.9. The van der Waals surface area contributed by atoms with E-state index in [-0.39, 0.29) is 5.56 Å². The number of carbonyl (C=O) groups is 1. The number of carboxylic acid groups (broad SMARTS) is 1. The van der Waals surface area contributed by atoms with Crippen LogP contribution in [0, 0.1) is 13.8 Å². The summed E-state index contributed by atoms with van der Waals surface area (Å²) in [6.45, 7) is 3.75. The van der Waals surface area contributed by atoms with Crippen LogP contribution < -0.4 is 5.32 Å². The van der Waals surface area contributed by atoms with E-state index >= 15 is 0 Å². The second-order valence-corrected chi connectivity index (χ2v) is 5.24. The van der Waals surface area contributed by atoms with E-state index in [0.717, 1.165) is 11.1 Å². The van der Waals surface area contributed by atoms with Gasteiger partial charge in [0.25, 0.3) is 0 Å². The van der Waals surface area contributed by atoms with Crippen LogP contribution in [0.3, 0.4) is 0 Å². The van der Waals surface area contributed by atoms with E-state index in [9.17, 15) is 9.90 Å². The number of anilines is 2. The van der Waals surface area contributed by atoms with Gasteiger partial charge in [0, 0.05) is 0 Å². The van der Waals surface area contributed by atoms with Gasteiger partial charge >= 0.3 is 5.97 Å². The molecular formula is C15H13Cl2NO2. The number of aromatic carboxylic acids is 1. The lowest BCUT2D eigenvalue weighted by Gasteiger charge is -2.15. The third kappa shape index (κ3) is 2.74. The van der Waals surface area contributed by atoms with Gasteiger partial charge in [-0.05, 0) is 37.1 Å². The van der Waals surface area contributed by atoms with Crippen molar-refractivity contribution in [3.8, 4) is 0 Å². The molecule has 0 aliphatic rings. The van der Waals surface area contributed by atoms with Gasteiger partial charge in [0.15, 0.2) is 0 Å². The molecule has 0 unspecified atom stereocenters. The van der Waals surface area contributed by atoms with Crippen molar-refractivity contribution < 1.29 is 9.90 Å². The monoisotopic (exact) mass is 309 g/mol. The number of para-hydroxylation sites is 1. The molecule has 0 spiro atoms. The predicted molar refractivity (Wildman–Crippen MR) is 82.6 cm³/mol. The molecule has 0 heterocycles. The Labute approximate surface area is 127 Å². The Morgan fingerprint density at radius 2 is 1.65 bits per heavy atom. The highest BCUT2D eigenvalue weighted by Crippen LogP contribution is 2.38. The Balaban J connectivity index is 2.54. The summed E-state index contributed by atoms with van der Waals surface area (Å²) in [5.74, 6) is -1.01. The van der Waals surface area contributed by atoms with Crippen LogP contribution in [0.5, 0.6) is 0 Å². The largest absolute Gasteiger partial charge is 0.478 e. The molecule has 2 aromatic rings. The van der Waals surface area contributed by atoms with Crippen LogP contribution in [0.15, 0.2) is 30.3 Å². The molecule has 20 heavy (non-hydrogen) atoms. The molecule has 5 heteroatoms. The van der Waals surface area contributed by atoms with Crippen molar-refractivity contribution in [3.63, 3.8) is 0 Å². The SMILES string of the molecule is Cc1cc(C)c(Cl)c(Nc2ccccc2C(=O)O)c1Cl. The van der Waals surface area contributed by atoms with E-state index in [2.05, 4.69) is 5.32 Å². The summed E-state index contributed by atoms with van der Waals surface area (Å²) in [6.07, 6.45) is 0. The fourth-order valence-corrected chi connectivity index (χ4v) is 2.41. The fraction of sp³-hybridized carbons (Fsp3) is 0.133. The topological polar surface area (TPSA) is 49.3 Å². The molecule has 0 saturated carbocycles. The number of nitrogens with one attached hydrogen (secondary N) is 1. The summed E-state index contributed by atoms with van der Waals surface area (Å²) in [4.78, 5) is 11.2. The number of aryl methyl sites for hydroxylation is 2. The lowest BCUT2D eigenvalue weighted by atomic mass is 10.1. The Morgan fingerprint density at radius 3 is 2.20 bits per heavy atom. The molecule has 0 aromatic heterocycles. The van der Waals surface area contributed by atoms with Gasteiger partial charge in [0.05, 0.1) is 27.0 Å².